The Labute approximate surface area is 70.8 Å². The van der Waals surface area contributed by atoms with Crippen molar-refractivity contribution in [1.29, 1.82) is 0 Å². The van der Waals surface area contributed by atoms with Crippen LogP contribution in [0.4, 0.5) is 0 Å². The lowest BCUT2D eigenvalue weighted by Crippen LogP contribution is -2.58. The molecule has 0 amide bonds. The van der Waals surface area contributed by atoms with Crippen LogP contribution in [0.3, 0.4) is 0 Å². The standard InChI is InChI=1S/C6H13NO3S/c1-2-4(8)5(9)3(7)6(11)10-2/h2-6,8-9,11H,7H2,1H3/t2-,3-,4+,5-,6?/m1/s1. The number of nitrogens with two attached hydrogens (primary N) is 1. The summed E-state index contributed by atoms with van der Waals surface area (Å²) in [7, 11) is 0. The minimum absolute atomic E-state index is 0.410. The summed E-state index contributed by atoms with van der Waals surface area (Å²) in [5.74, 6) is 0. The first-order chi connectivity index (χ1) is 5.04. The molecule has 0 bridgehead atoms. The molecule has 0 spiro atoms. The highest BCUT2D eigenvalue weighted by Gasteiger charge is 2.38. The van der Waals surface area contributed by atoms with Crippen LogP contribution in [0, 0.1) is 0 Å². The molecule has 11 heavy (non-hydrogen) atoms. The van der Waals surface area contributed by atoms with Gasteiger partial charge in [-0.3, -0.25) is 0 Å². The fourth-order valence-corrected chi connectivity index (χ4v) is 1.43. The van der Waals surface area contributed by atoms with Crippen molar-refractivity contribution >= 4 is 12.6 Å². The van der Waals surface area contributed by atoms with Crippen molar-refractivity contribution in [2.24, 2.45) is 5.73 Å². The zero-order valence-corrected chi connectivity index (χ0v) is 7.11. The van der Waals surface area contributed by atoms with Crippen LogP contribution < -0.4 is 5.73 Å². The van der Waals surface area contributed by atoms with Crippen molar-refractivity contribution in [3.8, 4) is 0 Å². The number of ether oxygens (including phenoxy) is 1. The Morgan fingerprint density at radius 1 is 1.36 bits per heavy atom. The van der Waals surface area contributed by atoms with Crippen LogP contribution in [-0.2, 0) is 4.74 Å². The van der Waals surface area contributed by atoms with E-state index in [1.807, 2.05) is 0 Å². The first-order valence-corrected chi connectivity index (χ1v) is 4.01. The summed E-state index contributed by atoms with van der Waals surface area (Å²) < 4.78 is 5.11. The Kier molecular flexibility index (Phi) is 2.77. The normalized spacial score (nSPS) is 52.6. The van der Waals surface area contributed by atoms with Crippen LogP contribution in [-0.4, -0.2) is 40.0 Å². The van der Waals surface area contributed by atoms with Gasteiger partial charge in [0.15, 0.2) is 0 Å². The van der Waals surface area contributed by atoms with E-state index < -0.39 is 29.8 Å². The van der Waals surface area contributed by atoms with Crippen molar-refractivity contribution in [3.63, 3.8) is 0 Å². The van der Waals surface area contributed by atoms with Gasteiger partial charge < -0.3 is 20.7 Å². The summed E-state index contributed by atoms with van der Waals surface area (Å²) in [5, 5.41) is 18.5. The highest BCUT2D eigenvalue weighted by atomic mass is 32.1. The molecule has 0 aromatic carbocycles. The summed E-state index contributed by atoms with van der Waals surface area (Å²) in [6.45, 7) is 1.67. The summed E-state index contributed by atoms with van der Waals surface area (Å²) in [6, 6.07) is -0.621. The summed E-state index contributed by atoms with van der Waals surface area (Å²) >= 11 is 4.00. The zero-order chi connectivity index (χ0) is 8.59. The lowest BCUT2D eigenvalue weighted by Gasteiger charge is -2.37. The van der Waals surface area contributed by atoms with E-state index in [-0.39, 0.29) is 0 Å². The third-order valence-corrected chi connectivity index (χ3v) is 2.37. The molecular formula is C6H13NO3S. The zero-order valence-electron chi connectivity index (χ0n) is 6.21. The van der Waals surface area contributed by atoms with Gasteiger partial charge in [-0.15, -0.1) is 12.6 Å². The van der Waals surface area contributed by atoms with Gasteiger partial charge in [-0.2, -0.15) is 0 Å². The molecule has 1 heterocycles. The van der Waals surface area contributed by atoms with Crippen LogP contribution in [0.15, 0.2) is 0 Å². The van der Waals surface area contributed by atoms with E-state index in [9.17, 15) is 10.2 Å². The molecule has 1 unspecified atom stereocenters. The summed E-state index contributed by atoms with van der Waals surface area (Å²) in [4.78, 5) is 0. The van der Waals surface area contributed by atoms with Crippen LogP contribution in [0.2, 0.25) is 0 Å². The van der Waals surface area contributed by atoms with Crippen molar-refractivity contribution < 1.29 is 14.9 Å². The highest BCUT2D eigenvalue weighted by molar-refractivity contribution is 7.80. The molecule has 0 aliphatic carbocycles. The molecule has 1 aliphatic rings. The van der Waals surface area contributed by atoms with Gasteiger partial charge >= 0.3 is 0 Å². The van der Waals surface area contributed by atoms with Gasteiger partial charge in [0, 0.05) is 0 Å². The molecular weight excluding hydrogens is 166 g/mol. The summed E-state index contributed by atoms with van der Waals surface area (Å²) in [5.41, 5.74) is 4.97. The van der Waals surface area contributed by atoms with E-state index in [1.54, 1.807) is 6.92 Å². The van der Waals surface area contributed by atoms with E-state index in [1.165, 1.54) is 0 Å². The first kappa shape index (κ1) is 9.28. The minimum atomic E-state index is -0.943. The van der Waals surface area contributed by atoms with E-state index >= 15 is 0 Å². The molecule has 5 heteroatoms. The second-order valence-corrected chi connectivity index (χ2v) is 3.30. The SMILES string of the molecule is C[C@H]1OC(S)[C@H](N)[C@@H](O)[C@H]1O. The van der Waals surface area contributed by atoms with Gasteiger partial charge in [-0.1, -0.05) is 0 Å². The molecule has 5 atom stereocenters. The molecule has 0 aromatic heterocycles. The van der Waals surface area contributed by atoms with Crippen molar-refractivity contribution in [2.75, 3.05) is 0 Å². The number of aliphatic hydroxyl groups excluding tert-OH is 2. The Hall–Kier alpha value is 0.190. The molecule has 4 nitrogen and oxygen atoms in total. The Bertz CT molecular complexity index is 132. The fourth-order valence-electron chi connectivity index (χ4n) is 1.07. The maximum Gasteiger partial charge on any atom is 0.118 e. The monoisotopic (exact) mass is 179 g/mol. The second kappa shape index (κ2) is 3.28. The number of rotatable bonds is 0. The fraction of sp³-hybridized carbons (Fsp3) is 1.00. The molecule has 66 valence electrons. The predicted octanol–water partition coefficient (Wildman–Crippen LogP) is -1.29. The average molecular weight is 179 g/mol. The largest absolute Gasteiger partial charge is 0.389 e. The van der Waals surface area contributed by atoms with Crippen molar-refractivity contribution in [2.45, 2.75) is 36.7 Å². The van der Waals surface area contributed by atoms with E-state index in [0.29, 0.717) is 0 Å². The van der Waals surface area contributed by atoms with E-state index in [0.717, 1.165) is 0 Å². The Morgan fingerprint density at radius 3 is 2.45 bits per heavy atom. The maximum absolute atomic E-state index is 9.28. The third-order valence-electron chi connectivity index (χ3n) is 1.91. The smallest absolute Gasteiger partial charge is 0.118 e. The number of thiol groups is 1. The maximum atomic E-state index is 9.28. The minimum Gasteiger partial charge on any atom is -0.389 e. The molecule has 1 aliphatic heterocycles. The van der Waals surface area contributed by atoms with Crippen LogP contribution in [0.25, 0.3) is 0 Å². The molecule has 0 aromatic rings. The highest BCUT2D eigenvalue weighted by Crippen LogP contribution is 2.21. The topological polar surface area (TPSA) is 75.7 Å². The predicted molar refractivity (Wildman–Crippen MR) is 43.3 cm³/mol. The molecule has 1 saturated heterocycles. The first-order valence-electron chi connectivity index (χ1n) is 3.49. The van der Waals surface area contributed by atoms with E-state index in [2.05, 4.69) is 12.6 Å². The molecule has 1 rings (SSSR count). The molecule has 4 N–H and O–H groups in total. The molecule has 1 fully saturated rings. The van der Waals surface area contributed by atoms with Gasteiger partial charge in [-0.05, 0) is 6.92 Å². The van der Waals surface area contributed by atoms with Crippen molar-refractivity contribution in [1.82, 2.24) is 0 Å². The number of aliphatic hydroxyl groups is 2. The van der Waals surface area contributed by atoms with Gasteiger partial charge in [0.25, 0.3) is 0 Å². The molecule has 0 saturated carbocycles. The van der Waals surface area contributed by atoms with E-state index in [4.69, 9.17) is 10.5 Å². The number of hydrogen-bond donors (Lipinski definition) is 4. The van der Waals surface area contributed by atoms with Crippen LogP contribution in [0.1, 0.15) is 6.92 Å². The van der Waals surface area contributed by atoms with Crippen molar-refractivity contribution in [3.05, 3.63) is 0 Å². The number of hydrogen-bond acceptors (Lipinski definition) is 5. The summed E-state index contributed by atoms with van der Waals surface area (Å²) in [6.07, 6.45) is -2.26. The second-order valence-electron chi connectivity index (χ2n) is 2.79. The Morgan fingerprint density at radius 2 is 1.91 bits per heavy atom. The molecule has 0 radical (unpaired) electrons. The quantitative estimate of drug-likeness (QED) is 0.349. The van der Waals surface area contributed by atoms with Crippen LogP contribution >= 0.6 is 12.6 Å². The third kappa shape index (κ3) is 1.68. The van der Waals surface area contributed by atoms with Gasteiger partial charge in [-0.25, -0.2) is 0 Å². The van der Waals surface area contributed by atoms with Gasteiger partial charge in [0.05, 0.1) is 12.1 Å². The van der Waals surface area contributed by atoms with Gasteiger partial charge in [0.1, 0.15) is 17.6 Å². The lowest BCUT2D eigenvalue weighted by molar-refractivity contribution is -0.146. The van der Waals surface area contributed by atoms with Gasteiger partial charge in [0.2, 0.25) is 0 Å². The Balaban J connectivity index is 2.63. The van der Waals surface area contributed by atoms with Crippen LogP contribution in [0.5, 0.6) is 0 Å². The lowest BCUT2D eigenvalue weighted by atomic mass is 10.00. The average Bonchev–Trinajstić information content (AvgIpc) is 1.97.